The molecular formula is C32H34N6OS. The molecule has 0 atom stereocenters. The Kier molecular flexibility index (Phi) is 7.21. The minimum absolute atomic E-state index is 0.0527. The lowest BCUT2D eigenvalue weighted by molar-refractivity contribution is 0.255. The van der Waals surface area contributed by atoms with Crippen molar-refractivity contribution in [1.82, 2.24) is 24.4 Å². The van der Waals surface area contributed by atoms with Gasteiger partial charge in [-0.2, -0.15) is 4.98 Å². The third-order valence-electron chi connectivity index (χ3n) is 7.88. The quantitative estimate of drug-likeness (QED) is 0.251. The highest BCUT2D eigenvalue weighted by molar-refractivity contribution is 7.14. The lowest BCUT2D eigenvalue weighted by Crippen LogP contribution is -2.29. The SMILES string of the molecule is CCn1c(=O)c(-c2ccc(-c3ncc(C)s3)cc2C)cc2cnc(Nc3ccc(C4CCN(C)CC4)cc3)nc21. The molecule has 1 N–H and O–H groups in total. The number of rotatable bonds is 6. The molecule has 2 aromatic carbocycles. The van der Waals surface area contributed by atoms with Crippen LogP contribution in [0, 0.1) is 13.8 Å². The van der Waals surface area contributed by atoms with Crippen LogP contribution in [0.25, 0.3) is 32.7 Å². The zero-order valence-electron chi connectivity index (χ0n) is 23.4. The van der Waals surface area contributed by atoms with E-state index in [4.69, 9.17) is 4.98 Å². The number of aromatic nitrogens is 4. The highest BCUT2D eigenvalue weighted by Crippen LogP contribution is 2.31. The van der Waals surface area contributed by atoms with Crippen molar-refractivity contribution in [1.29, 1.82) is 0 Å². The van der Waals surface area contributed by atoms with E-state index in [0.29, 0.717) is 29.6 Å². The first-order chi connectivity index (χ1) is 19.4. The van der Waals surface area contributed by atoms with Gasteiger partial charge in [0.1, 0.15) is 10.7 Å². The van der Waals surface area contributed by atoms with Gasteiger partial charge in [0.25, 0.3) is 5.56 Å². The lowest BCUT2D eigenvalue weighted by Gasteiger charge is -2.29. The summed E-state index contributed by atoms with van der Waals surface area (Å²) in [6.45, 7) is 8.88. The average Bonchev–Trinajstić information content (AvgIpc) is 3.40. The highest BCUT2D eigenvalue weighted by atomic mass is 32.1. The summed E-state index contributed by atoms with van der Waals surface area (Å²) in [6, 6.07) is 16.7. The molecule has 5 aromatic rings. The molecule has 7 nitrogen and oxygen atoms in total. The summed E-state index contributed by atoms with van der Waals surface area (Å²) in [6.07, 6.45) is 6.08. The fraction of sp³-hybridized carbons (Fsp3) is 0.312. The second-order valence-electron chi connectivity index (χ2n) is 10.7. The average molecular weight is 551 g/mol. The van der Waals surface area contributed by atoms with Crippen LogP contribution in [0.1, 0.15) is 41.7 Å². The normalized spacial score (nSPS) is 14.6. The molecule has 4 heterocycles. The lowest BCUT2D eigenvalue weighted by atomic mass is 9.89. The molecule has 1 aliphatic rings. The Balaban J connectivity index is 1.28. The number of aryl methyl sites for hydroxylation is 3. The maximum absolute atomic E-state index is 13.7. The Morgan fingerprint density at radius 2 is 1.75 bits per heavy atom. The molecular weight excluding hydrogens is 516 g/mol. The molecule has 0 bridgehead atoms. The smallest absolute Gasteiger partial charge is 0.260 e. The van der Waals surface area contributed by atoms with E-state index in [-0.39, 0.29) is 5.56 Å². The molecule has 1 saturated heterocycles. The summed E-state index contributed by atoms with van der Waals surface area (Å²) in [7, 11) is 2.19. The first-order valence-electron chi connectivity index (χ1n) is 13.9. The molecule has 1 aliphatic heterocycles. The summed E-state index contributed by atoms with van der Waals surface area (Å²) in [5.41, 5.74) is 6.56. The van der Waals surface area contributed by atoms with Gasteiger partial charge in [-0.1, -0.05) is 24.3 Å². The second kappa shape index (κ2) is 10.9. The van der Waals surface area contributed by atoms with Crippen molar-refractivity contribution in [2.75, 3.05) is 25.5 Å². The Morgan fingerprint density at radius 1 is 0.975 bits per heavy atom. The fourth-order valence-corrected chi connectivity index (χ4v) is 6.36. The number of piperidine rings is 1. The molecule has 40 heavy (non-hydrogen) atoms. The summed E-state index contributed by atoms with van der Waals surface area (Å²) in [4.78, 5) is 31.1. The number of hydrogen-bond acceptors (Lipinski definition) is 7. The first-order valence-corrected chi connectivity index (χ1v) is 14.7. The molecule has 0 unspecified atom stereocenters. The van der Waals surface area contributed by atoms with Crippen molar-refractivity contribution in [2.45, 2.75) is 46.1 Å². The van der Waals surface area contributed by atoms with Crippen molar-refractivity contribution in [2.24, 2.45) is 0 Å². The van der Waals surface area contributed by atoms with Gasteiger partial charge in [0.2, 0.25) is 5.95 Å². The van der Waals surface area contributed by atoms with Gasteiger partial charge in [-0.3, -0.25) is 9.36 Å². The topological polar surface area (TPSA) is 75.9 Å². The molecule has 0 amide bonds. The van der Waals surface area contributed by atoms with Crippen LogP contribution in [0.3, 0.4) is 0 Å². The predicted molar refractivity (Wildman–Crippen MR) is 165 cm³/mol. The van der Waals surface area contributed by atoms with Gasteiger partial charge in [-0.15, -0.1) is 11.3 Å². The van der Waals surface area contributed by atoms with Crippen molar-refractivity contribution in [3.8, 4) is 21.7 Å². The number of nitrogens with zero attached hydrogens (tertiary/aromatic N) is 5. The molecule has 1 fully saturated rings. The summed E-state index contributed by atoms with van der Waals surface area (Å²) >= 11 is 1.67. The van der Waals surface area contributed by atoms with E-state index in [0.717, 1.165) is 45.9 Å². The van der Waals surface area contributed by atoms with Gasteiger partial charge in [0.05, 0.1) is 0 Å². The summed E-state index contributed by atoms with van der Waals surface area (Å²) in [5, 5.41) is 5.15. The molecule has 204 valence electrons. The Hall–Kier alpha value is -3.88. The van der Waals surface area contributed by atoms with E-state index in [9.17, 15) is 4.79 Å². The van der Waals surface area contributed by atoms with Crippen molar-refractivity contribution < 1.29 is 0 Å². The standard InChI is InChI=1S/C32H34N6OS/c1-5-38-29-25(17-28(31(38)39)27-11-8-24(16-20(27)2)30-33-18-21(3)40-30)19-34-32(36-29)35-26-9-6-22(7-10-26)23-12-14-37(4)15-13-23/h6-11,16-19,23H,5,12-15H2,1-4H3,(H,34,35,36). The number of nitrogens with one attached hydrogen (secondary N) is 1. The number of thiazole rings is 1. The third kappa shape index (κ3) is 5.17. The van der Waals surface area contributed by atoms with Crippen LogP contribution in [0.5, 0.6) is 0 Å². The summed E-state index contributed by atoms with van der Waals surface area (Å²) in [5.74, 6) is 1.10. The van der Waals surface area contributed by atoms with E-state index < -0.39 is 0 Å². The van der Waals surface area contributed by atoms with Gasteiger partial charge in [-0.05, 0) is 101 Å². The van der Waals surface area contributed by atoms with Crippen LogP contribution >= 0.6 is 11.3 Å². The van der Waals surface area contributed by atoms with Crippen molar-refractivity contribution in [3.05, 3.63) is 87.3 Å². The number of likely N-dealkylation sites (tertiary alicyclic amines) is 1. The van der Waals surface area contributed by atoms with Crippen molar-refractivity contribution >= 4 is 34.0 Å². The van der Waals surface area contributed by atoms with Crippen LogP contribution in [0.15, 0.2) is 65.7 Å². The Bertz CT molecular complexity index is 1730. The molecule has 0 radical (unpaired) electrons. The number of pyridine rings is 1. The van der Waals surface area contributed by atoms with Crippen molar-refractivity contribution in [3.63, 3.8) is 0 Å². The molecule has 0 saturated carbocycles. The fourth-order valence-electron chi connectivity index (χ4n) is 5.60. The molecule has 0 spiro atoms. The third-order valence-corrected chi connectivity index (χ3v) is 8.85. The number of anilines is 2. The van der Waals surface area contributed by atoms with E-state index in [2.05, 4.69) is 64.5 Å². The van der Waals surface area contributed by atoms with Crippen LogP contribution < -0.4 is 10.9 Å². The van der Waals surface area contributed by atoms with Gasteiger partial charge in [0, 0.05) is 46.0 Å². The highest BCUT2D eigenvalue weighted by Gasteiger charge is 2.19. The molecule has 0 aliphatic carbocycles. The molecule has 3 aromatic heterocycles. The van der Waals surface area contributed by atoms with Crippen LogP contribution in [0.2, 0.25) is 0 Å². The number of fused-ring (bicyclic) bond motifs is 1. The minimum atomic E-state index is -0.0527. The van der Waals surface area contributed by atoms with E-state index in [1.165, 1.54) is 23.3 Å². The van der Waals surface area contributed by atoms with E-state index >= 15 is 0 Å². The Morgan fingerprint density at radius 3 is 2.42 bits per heavy atom. The predicted octanol–water partition coefficient (Wildman–Crippen LogP) is 6.77. The van der Waals surface area contributed by atoms with Crippen LogP contribution in [0.4, 0.5) is 11.6 Å². The number of hydrogen-bond donors (Lipinski definition) is 1. The second-order valence-corrected chi connectivity index (χ2v) is 11.9. The largest absolute Gasteiger partial charge is 0.324 e. The van der Waals surface area contributed by atoms with Gasteiger partial charge in [0.15, 0.2) is 0 Å². The van der Waals surface area contributed by atoms with Crippen LogP contribution in [-0.2, 0) is 6.54 Å². The zero-order valence-corrected chi connectivity index (χ0v) is 24.3. The summed E-state index contributed by atoms with van der Waals surface area (Å²) < 4.78 is 1.73. The maximum Gasteiger partial charge on any atom is 0.260 e. The minimum Gasteiger partial charge on any atom is -0.324 e. The van der Waals surface area contributed by atoms with Gasteiger partial charge in [-0.25, -0.2) is 9.97 Å². The molecule has 6 rings (SSSR count). The monoisotopic (exact) mass is 550 g/mol. The van der Waals surface area contributed by atoms with E-state index in [1.54, 1.807) is 22.1 Å². The van der Waals surface area contributed by atoms with Crippen LogP contribution in [-0.4, -0.2) is 44.6 Å². The molecule has 8 heteroatoms. The van der Waals surface area contributed by atoms with Gasteiger partial charge >= 0.3 is 0 Å². The first kappa shape index (κ1) is 26.3. The Labute approximate surface area is 238 Å². The van der Waals surface area contributed by atoms with E-state index in [1.807, 2.05) is 38.2 Å². The zero-order chi connectivity index (χ0) is 27.8. The van der Waals surface area contributed by atoms with Gasteiger partial charge < -0.3 is 10.2 Å². The number of benzene rings is 2. The maximum atomic E-state index is 13.7.